The van der Waals surface area contributed by atoms with Gasteiger partial charge < -0.3 is 10.0 Å². The van der Waals surface area contributed by atoms with Crippen LogP contribution in [0.1, 0.15) is 57.0 Å². The first-order valence-electron chi connectivity index (χ1n) is 11.8. The Morgan fingerprint density at radius 3 is 2.41 bits per heavy atom. The highest BCUT2D eigenvalue weighted by Gasteiger charge is 2.48. The monoisotopic (exact) mass is 539 g/mol. The summed E-state index contributed by atoms with van der Waals surface area (Å²) in [6.07, 6.45) is 1.52. The molecule has 1 aromatic carbocycles. The standard InChI is InChI=1S/C24H31F2N5O5S/c1-14(32)29-12-17(28-10-15-11-30(37(5,35)36)27-20(15)13-28)9-21(31(23(33)34)24(2,3)4)22(29)18-8-16(25)6-7-19(18)26/h6-8,11,17,21-22H,9-10,12-13H2,1-5H3,(H,33,34)/t17-,21+,22-/m1/s1. The van der Waals surface area contributed by atoms with Crippen LogP contribution in [0.4, 0.5) is 13.6 Å². The smallest absolute Gasteiger partial charge is 0.408 e. The van der Waals surface area contributed by atoms with Gasteiger partial charge in [-0.15, -0.1) is 0 Å². The van der Waals surface area contributed by atoms with Gasteiger partial charge in [0.1, 0.15) is 11.6 Å². The number of benzene rings is 1. The van der Waals surface area contributed by atoms with Gasteiger partial charge in [0.25, 0.3) is 10.0 Å². The van der Waals surface area contributed by atoms with E-state index in [0.29, 0.717) is 18.8 Å². The first kappa shape index (κ1) is 27.0. The first-order valence-corrected chi connectivity index (χ1v) is 13.7. The molecule has 3 heterocycles. The van der Waals surface area contributed by atoms with Crippen LogP contribution in [-0.4, -0.2) is 79.8 Å². The zero-order valence-corrected chi connectivity index (χ0v) is 22.2. The maximum absolute atomic E-state index is 15.1. The van der Waals surface area contributed by atoms with E-state index in [0.717, 1.165) is 34.1 Å². The molecule has 0 radical (unpaired) electrons. The lowest BCUT2D eigenvalue weighted by Gasteiger charge is -2.52. The zero-order chi connectivity index (χ0) is 27.4. The Morgan fingerprint density at radius 2 is 1.86 bits per heavy atom. The molecule has 13 heteroatoms. The zero-order valence-electron chi connectivity index (χ0n) is 21.4. The van der Waals surface area contributed by atoms with Gasteiger partial charge in [-0.25, -0.2) is 22.0 Å². The summed E-state index contributed by atoms with van der Waals surface area (Å²) in [4.78, 5) is 30.0. The summed E-state index contributed by atoms with van der Waals surface area (Å²) < 4.78 is 53.9. The van der Waals surface area contributed by atoms with Crippen molar-refractivity contribution in [1.82, 2.24) is 23.9 Å². The number of fused-ring (bicyclic) bond motifs is 1. The summed E-state index contributed by atoms with van der Waals surface area (Å²) in [5.41, 5.74) is 0.317. The number of halogens is 2. The van der Waals surface area contributed by atoms with Gasteiger partial charge in [0, 0.05) is 55.5 Å². The van der Waals surface area contributed by atoms with Crippen molar-refractivity contribution in [2.75, 3.05) is 12.8 Å². The van der Waals surface area contributed by atoms with Crippen molar-refractivity contribution in [3.8, 4) is 0 Å². The molecule has 202 valence electrons. The van der Waals surface area contributed by atoms with Crippen molar-refractivity contribution in [3.05, 3.63) is 52.9 Å². The molecular formula is C24H31F2N5O5S. The minimum absolute atomic E-state index is 0.0803. The normalized spacial score (nSPS) is 22.7. The van der Waals surface area contributed by atoms with Crippen LogP contribution < -0.4 is 0 Å². The molecule has 4 rings (SSSR count). The van der Waals surface area contributed by atoms with E-state index in [1.807, 2.05) is 4.90 Å². The van der Waals surface area contributed by atoms with Crippen molar-refractivity contribution in [2.45, 2.75) is 70.9 Å². The maximum atomic E-state index is 15.1. The van der Waals surface area contributed by atoms with Gasteiger partial charge in [0.2, 0.25) is 5.91 Å². The van der Waals surface area contributed by atoms with E-state index in [4.69, 9.17) is 0 Å². The molecule has 37 heavy (non-hydrogen) atoms. The maximum Gasteiger partial charge on any atom is 0.408 e. The Kier molecular flexibility index (Phi) is 6.82. The summed E-state index contributed by atoms with van der Waals surface area (Å²) in [5, 5.41) is 14.4. The molecule has 2 aliphatic rings. The van der Waals surface area contributed by atoms with Crippen LogP contribution in [0.3, 0.4) is 0 Å². The fourth-order valence-corrected chi connectivity index (χ4v) is 6.05. The van der Waals surface area contributed by atoms with Crippen molar-refractivity contribution in [3.63, 3.8) is 0 Å². The summed E-state index contributed by atoms with van der Waals surface area (Å²) >= 11 is 0. The second-order valence-electron chi connectivity index (χ2n) is 10.7. The summed E-state index contributed by atoms with van der Waals surface area (Å²) in [6.45, 7) is 7.27. The summed E-state index contributed by atoms with van der Waals surface area (Å²) in [5.74, 6) is -1.82. The minimum atomic E-state index is -3.54. The van der Waals surface area contributed by atoms with E-state index >= 15 is 4.39 Å². The molecule has 1 fully saturated rings. The Morgan fingerprint density at radius 1 is 1.19 bits per heavy atom. The predicted octanol–water partition coefficient (Wildman–Crippen LogP) is 2.79. The number of hydrogen-bond acceptors (Lipinski definition) is 6. The predicted molar refractivity (Wildman–Crippen MR) is 130 cm³/mol. The number of amides is 2. The number of carbonyl (C=O) groups excluding carboxylic acids is 1. The van der Waals surface area contributed by atoms with Crippen LogP contribution in [0, 0.1) is 11.6 Å². The van der Waals surface area contributed by atoms with Crippen molar-refractivity contribution in [1.29, 1.82) is 0 Å². The van der Waals surface area contributed by atoms with Crippen molar-refractivity contribution in [2.24, 2.45) is 0 Å². The van der Waals surface area contributed by atoms with Crippen LogP contribution in [0.25, 0.3) is 0 Å². The molecule has 1 saturated heterocycles. The third-order valence-corrected chi connectivity index (χ3v) is 7.87. The number of hydrogen-bond donors (Lipinski definition) is 1. The van der Waals surface area contributed by atoms with E-state index in [2.05, 4.69) is 5.10 Å². The number of nitrogens with zero attached hydrogens (tertiary/aromatic N) is 5. The number of carboxylic acid groups (broad SMARTS) is 1. The average Bonchev–Trinajstić information content (AvgIpc) is 3.33. The van der Waals surface area contributed by atoms with Gasteiger partial charge in [0.15, 0.2) is 0 Å². The molecule has 2 aliphatic heterocycles. The van der Waals surface area contributed by atoms with Crippen molar-refractivity contribution < 1.29 is 31.9 Å². The molecule has 10 nitrogen and oxygen atoms in total. The highest BCUT2D eigenvalue weighted by atomic mass is 32.2. The number of carbonyl (C=O) groups is 2. The quantitative estimate of drug-likeness (QED) is 0.635. The fourth-order valence-electron chi connectivity index (χ4n) is 5.49. The second kappa shape index (κ2) is 9.35. The fraction of sp³-hybridized carbons (Fsp3) is 0.542. The van der Waals surface area contributed by atoms with E-state index in [-0.39, 0.29) is 24.6 Å². The molecule has 0 aliphatic carbocycles. The molecule has 2 amide bonds. The second-order valence-corrected chi connectivity index (χ2v) is 12.5. The topological polar surface area (TPSA) is 116 Å². The van der Waals surface area contributed by atoms with Crippen LogP contribution in [0.5, 0.6) is 0 Å². The van der Waals surface area contributed by atoms with Crippen LogP contribution in [0.15, 0.2) is 24.4 Å². The van der Waals surface area contributed by atoms with E-state index in [1.165, 1.54) is 22.9 Å². The molecular weight excluding hydrogens is 508 g/mol. The number of likely N-dealkylation sites (tertiary alicyclic amines) is 1. The molecule has 1 N–H and O–H groups in total. The van der Waals surface area contributed by atoms with Gasteiger partial charge in [-0.3, -0.25) is 14.6 Å². The lowest BCUT2D eigenvalue weighted by molar-refractivity contribution is -0.138. The van der Waals surface area contributed by atoms with E-state index < -0.39 is 51.3 Å². The first-order chi connectivity index (χ1) is 17.1. The van der Waals surface area contributed by atoms with Crippen LogP contribution in [-0.2, 0) is 27.9 Å². The van der Waals surface area contributed by atoms with Gasteiger partial charge in [-0.1, -0.05) is 0 Å². The SMILES string of the molecule is CC(=O)N1C[C@H](N2Cc3cn(S(C)(=O)=O)nc3C2)C[C@H](N(C(=O)O)C(C)(C)C)[C@H]1c1cc(F)ccc1F. The lowest BCUT2D eigenvalue weighted by atomic mass is 9.84. The third kappa shape index (κ3) is 5.19. The Bertz CT molecular complexity index is 1320. The number of piperidine rings is 1. The van der Waals surface area contributed by atoms with Crippen LogP contribution in [0.2, 0.25) is 0 Å². The van der Waals surface area contributed by atoms with Gasteiger partial charge in [0.05, 0.1) is 24.0 Å². The molecule has 1 aromatic heterocycles. The molecule has 0 saturated carbocycles. The Labute approximate surface area is 214 Å². The van der Waals surface area contributed by atoms with Gasteiger partial charge in [-0.05, 0) is 45.4 Å². The van der Waals surface area contributed by atoms with E-state index in [9.17, 15) is 27.5 Å². The van der Waals surface area contributed by atoms with Gasteiger partial charge >= 0.3 is 6.09 Å². The molecule has 0 spiro atoms. The summed E-state index contributed by atoms with van der Waals surface area (Å²) in [7, 11) is -3.54. The lowest BCUT2D eigenvalue weighted by Crippen LogP contribution is -2.63. The highest BCUT2D eigenvalue weighted by molar-refractivity contribution is 7.89. The Hall–Kier alpha value is -3.06. The molecule has 0 bridgehead atoms. The summed E-state index contributed by atoms with van der Waals surface area (Å²) in [6, 6.07) is 0.707. The number of aromatic nitrogens is 2. The van der Waals surface area contributed by atoms with E-state index in [1.54, 1.807) is 20.8 Å². The minimum Gasteiger partial charge on any atom is -0.465 e. The number of rotatable bonds is 4. The third-order valence-electron chi connectivity index (χ3n) is 7.00. The van der Waals surface area contributed by atoms with Crippen LogP contribution >= 0.6 is 0 Å². The largest absolute Gasteiger partial charge is 0.465 e. The Balaban J connectivity index is 1.75. The van der Waals surface area contributed by atoms with Gasteiger partial charge in [-0.2, -0.15) is 9.19 Å². The molecule has 3 atom stereocenters. The molecule has 2 aromatic rings. The average molecular weight is 540 g/mol. The molecule has 0 unspecified atom stereocenters. The van der Waals surface area contributed by atoms with Crippen molar-refractivity contribution >= 4 is 22.0 Å². The highest BCUT2D eigenvalue weighted by Crippen LogP contribution is 2.41.